The maximum absolute atomic E-state index is 12.6. The van der Waals surface area contributed by atoms with Gasteiger partial charge in [0.25, 0.3) is 0 Å². The fourth-order valence-electron chi connectivity index (χ4n) is 2.52. The monoisotopic (exact) mass is 312 g/mol. The molecule has 0 bridgehead atoms. The number of sulfonamides is 1. The summed E-state index contributed by atoms with van der Waals surface area (Å²) in [7, 11) is -3.50. The van der Waals surface area contributed by atoms with E-state index in [4.69, 9.17) is 4.74 Å². The van der Waals surface area contributed by atoms with Crippen molar-refractivity contribution in [2.45, 2.75) is 37.8 Å². The number of rotatable bonds is 7. The molecule has 0 amide bonds. The number of hydrogen-bond donors (Lipinski definition) is 2. The van der Waals surface area contributed by atoms with Crippen molar-refractivity contribution in [2.75, 3.05) is 19.8 Å². The van der Waals surface area contributed by atoms with E-state index < -0.39 is 10.0 Å². The molecule has 2 unspecified atom stereocenters. The van der Waals surface area contributed by atoms with Crippen molar-refractivity contribution in [3.8, 4) is 0 Å². The lowest BCUT2D eigenvalue weighted by Gasteiger charge is -2.20. The fraction of sp³-hybridized carbons (Fsp3) is 0.600. The molecule has 1 aromatic carbocycles. The number of benzene rings is 1. The van der Waals surface area contributed by atoms with Crippen LogP contribution in [0.2, 0.25) is 0 Å². The summed E-state index contributed by atoms with van der Waals surface area (Å²) >= 11 is 0. The predicted molar refractivity (Wildman–Crippen MR) is 82.5 cm³/mol. The molecule has 1 saturated heterocycles. The Balaban J connectivity index is 2.14. The van der Waals surface area contributed by atoms with Crippen LogP contribution in [-0.4, -0.2) is 34.2 Å². The van der Waals surface area contributed by atoms with Gasteiger partial charge in [0.05, 0.1) is 11.5 Å². The first-order valence-electron chi connectivity index (χ1n) is 7.43. The van der Waals surface area contributed by atoms with Crippen LogP contribution in [0, 0.1) is 5.92 Å². The highest BCUT2D eigenvalue weighted by atomic mass is 32.2. The van der Waals surface area contributed by atoms with Gasteiger partial charge < -0.3 is 10.1 Å². The average Bonchev–Trinajstić information content (AvgIpc) is 2.99. The van der Waals surface area contributed by atoms with Crippen LogP contribution in [0.4, 0.5) is 0 Å². The molecule has 0 saturated carbocycles. The molecule has 2 rings (SSSR count). The first-order chi connectivity index (χ1) is 10.0. The van der Waals surface area contributed by atoms with E-state index in [1.54, 1.807) is 12.1 Å². The van der Waals surface area contributed by atoms with Crippen molar-refractivity contribution in [1.29, 1.82) is 0 Å². The summed E-state index contributed by atoms with van der Waals surface area (Å²) in [5, 5.41) is 3.17. The fourth-order valence-corrected chi connectivity index (χ4v) is 4.08. The van der Waals surface area contributed by atoms with Crippen molar-refractivity contribution in [3.05, 3.63) is 29.8 Å². The van der Waals surface area contributed by atoms with Crippen molar-refractivity contribution in [2.24, 2.45) is 5.92 Å². The largest absolute Gasteiger partial charge is 0.381 e. The summed E-state index contributed by atoms with van der Waals surface area (Å²) in [4.78, 5) is 0.358. The topological polar surface area (TPSA) is 67.4 Å². The molecule has 0 spiro atoms. The zero-order valence-electron chi connectivity index (χ0n) is 12.6. The zero-order chi connectivity index (χ0) is 15.3. The Kier molecular flexibility index (Phi) is 5.75. The Hall–Kier alpha value is -0.950. The third-order valence-corrected chi connectivity index (χ3v) is 5.50. The van der Waals surface area contributed by atoms with Gasteiger partial charge in [-0.15, -0.1) is 0 Å². The lowest BCUT2D eigenvalue weighted by molar-refractivity contribution is 0.180. The minimum Gasteiger partial charge on any atom is -0.381 e. The molecule has 0 aliphatic carbocycles. The van der Waals surface area contributed by atoms with Gasteiger partial charge in [-0.3, -0.25) is 0 Å². The average molecular weight is 312 g/mol. The van der Waals surface area contributed by atoms with Crippen LogP contribution in [0.3, 0.4) is 0 Å². The van der Waals surface area contributed by atoms with E-state index in [0.29, 0.717) is 24.7 Å². The highest BCUT2D eigenvalue weighted by Gasteiger charge is 2.27. The van der Waals surface area contributed by atoms with Crippen LogP contribution >= 0.6 is 0 Å². The summed E-state index contributed by atoms with van der Waals surface area (Å²) in [6.45, 7) is 6.60. The van der Waals surface area contributed by atoms with Gasteiger partial charge in [0.2, 0.25) is 10.0 Å². The van der Waals surface area contributed by atoms with Crippen molar-refractivity contribution < 1.29 is 13.2 Å². The van der Waals surface area contributed by atoms with E-state index in [1.165, 1.54) is 0 Å². The predicted octanol–water partition coefficient (Wildman–Crippen LogP) is 1.50. The minimum atomic E-state index is -3.50. The molecule has 6 heteroatoms. The molecule has 1 heterocycles. The molecule has 118 valence electrons. The summed E-state index contributed by atoms with van der Waals surface area (Å²) in [6, 6.07) is 7.01. The second kappa shape index (κ2) is 7.35. The van der Waals surface area contributed by atoms with Gasteiger partial charge in [0.15, 0.2) is 0 Å². The first-order valence-corrected chi connectivity index (χ1v) is 8.91. The highest BCUT2D eigenvalue weighted by Crippen LogP contribution is 2.20. The molecule has 5 nitrogen and oxygen atoms in total. The quantitative estimate of drug-likeness (QED) is 0.801. The summed E-state index contributed by atoms with van der Waals surface area (Å²) < 4.78 is 33.3. The molecule has 2 atom stereocenters. The van der Waals surface area contributed by atoms with Crippen LogP contribution in [0.25, 0.3) is 0 Å². The van der Waals surface area contributed by atoms with Crippen molar-refractivity contribution >= 4 is 10.0 Å². The third kappa shape index (κ3) is 4.26. The van der Waals surface area contributed by atoms with E-state index in [1.807, 2.05) is 26.0 Å². The standard InChI is InChI=1S/C15H24N2O3S/c1-3-16-10-13-6-4-5-7-15(13)21(18,19)17-12(2)14-8-9-20-11-14/h4-7,12,14,16-17H,3,8-11H2,1-2H3. The van der Waals surface area contributed by atoms with Gasteiger partial charge in [0.1, 0.15) is 0 Å². The van der Waals surface area contributed by atoms with E-state index in [9.17, 15) is 8.42 Å². The number of ether oxygens (including phenoxy) is 1. The van der Waals surface area contributed by atoms with Crippen molar-refractivity contribution in [3.63, 3.8) is 0 Å². The second-order valence-corrected chi connectivity index (χ2v) is 7.10. The third-order valence-electron chi connectivity index (χ3n) is 3.84. The van der Waals surface area contributed by atoms with Gasteiger partial charge in [-0.2, -0.15) is 0 Å². The smallest absolute Gasteiger partial charge is 0.241 e. The summed E-state index contributed by atoms with van der Waals surface area (Å²) in [5.41, 5.74) is 0.793. The minimum absolute atomic E-state index is 0.121. The molecule has 0 aromatic heterocycles. The summed E-state index contributed by atoms with van der Waals surface area (Å²) in [5.74, 6) is 0.251. The van der Waals surface area contributed by atoms with Gasteiger partial charge >= 0.3 is 0 Å². The normalized spacial score (nSPS) is 20.6. The lowest BCUT2D eigenvalue weighted by atomic mass is 10.0. The van der Waals surface area contributed by atoms with Crippen LogP contribution in [0.5, 0.6) is 0 Å². The van der Waals surface area contributed by atoms with Gasteiger partial charge in [0, 0.05) is 25.1 Å². The molecule has 2 N–H and O–H groups in total. The Morgan fingerprint density at radius 2 is 2.14 bits per heavy atom. The van der Waals surface area contributed by atoms with Gasteiger partial charge in [-0.25, -0.2) is 13.1 Å². The molecule has 1 fully saturated rings. The maximum Gasteiger partial charge on any atom is 0.241 e. The molecular formula is C15H24N2O3S. The SMILES string of the molecule is CCNCc1ccccc1S(=O)(=O)NC(C)C1CCOC1. The Bertz CT molecular complexity index is 554. The van der Waals surface area contributed by atoms with Crippen LogP contribution in [-0.2, 0) is 21.3 Å². The maximum atomic E-state index is 12.6. The molecule has 1 aliphatic rings. The molecule has 1 aliphatic heterocycles. The Morgan fingerprint density at radius 3 is 2.81 bits per heavy atom. The summed E-state index contributed by atoms with van der Waals surface area (Å²) in [6.07, 6.45) is 0.905. The van der Waals surface area contributed by atoms with E-state index >= 15 is 0 Å². The molecule has 1 aromatic rings. The molecule has 21 heavy (non-hydrogen) atoms. The first kappa shape index (κ1) is 16.4. The van der Waals surface area contributed by atoms with Crippen molar-refractivity contribution in [1.82, 2.24) is 10.0 Å². The van der Waals surface area contributed by atoms with Gasteiger partial charge in [-0.05, 0) is 31.5 Å². The molecule has 0 radical (unpaired) electrons. The number of hydrogen-bond acceptors (Lipinski definition) is 4. The van der Waals surface area contributed by atoms with E-state index in [0.717, 1.165) is 18.5 Å². The Labute approximate surface area is 127 Å². The van der Waals surface area contributed by atoms with E-state index in [2.05, 4.69) is 10.0 Å². The van der Waals surface area contributed by atoms with E-state index in [-0.39, 0.29) is 12.0 Å². The Morgan fingerprint density at radius 1 is 1.38 bits per heavy atom. The zero-order valence-corrected chi connectivity index (χ0v) is 13.4. The van der Waals surface area contributed by atoms with Crippen LogP contribution in [0.15, 0.2) is 29.2 Å². The molecular weight excluding hydrogens is 288 g/mol. The number of nitrogens with one attached hydrogen (secondary N) is 2. The highest BCUT2D eigenvalue weighted by molar-refractivity contribution is 7.89. The van der Waals surface area contributed by atoms with Crippen LogP contribution in [0.1, 0.15) is 25.8 Å². The van der Waals surface area contributed by atoms with Gasteiger partial charge in [-0.1, -0.05) is 25.1 Å². The van der Waals surface area contributed by atoms with Crippen LogP contribution < -0.4 is 10.0 Å². The lowest BCUT2D eigenvalue weighted by Crippen LogP contribution is -2.38. The second-order valence-electron chi connectivity index (χ2n) is 5.42.